The summed E-state index contributed by atoms with van der Waals surface area (Å²) in [6, 6.07) is 5.65. The number of nitrogens with zero attached hydrogens (tertiary/aromatic N) is 2. The number of rotatable bonds is 2. The van der Waals surface area contributed by atoms with E-state index in [0.717, 1.165) is 6.42 Å². The molecule has 1 aromatic rings. The van der Waals surface area contributed by atoms with Crippen molar-refractivity contribution in [2.45, 2.75) is 44.0 Å². The first-order chi connectivity index (χ1) is 11.8. The third-order valence-electron chi connectivity index (χ3n) is 4.81. The van der Waals surface area contributed by atoms with Crippen LogP contribution in [0.1, 0.15) is 42.5 Å². The number of hydrogen-bond acceptors (Lipinski definition) is 4. The first-order valence-corrected chi connectivity index (χ1v) is 8.14. The Morgan fingerprint density at radius 1 is 1.28 bits per heavy atom. The molecule has 0 bridgehead atoms. The first kappa shape index (κ1) is 17.7. The second-order valence-corrected chi connectivity index (χ2v) is 6.31. The number of hydrazone groups is 1. The highest BCUT2D eigenvalue weighted by atomic mass is 19.4. The first-order valence-electron chi connectivity index (χ1n) is 8.14. The van der Waals surface area contributed by atoms with E-state index in [-0.39, 0.29) is 22.7 Å². The Bertz CT molecular complexity index is 687. The Hall–Kier alpha value is -2.09. The zero-order chi connectivity index (χ0) is 18.2. The van der Waals surface area contributed by atoms with Gasteiger partial charge in [0.25, 0.3) is 11.6 Å². The van der Waals surface area contributed by atoms with E-state index in [1.807, 2.05) is 0 Å². The van der Waals surface area contributed by atoms with E-state index in [1.54, 1.807) is 0 Å². The number of carbonyl (C=O) groups excluding carboxylic acids is 1. The van der Waals surface area contributed by atoms with Gasteiger partial charge in [-0.15, -0.1) is 0 Å². The number of hydrogen-bond donors (Lipinski definition) is 1. The highest BCUT2D eigenvalue weighted by molar-refractivity contribution is 5.99. The normalized spacial score (nSPS) is 26.7. The molecule has 0 aromatic heterocycles. The molecule has 0 unspecified atom stereocenters. The molecular formula is C17H19F3N2O3. The van der Waals surface area contributed by atoms with Crippen LogP contribution in [-0.2, 0) is 0 Å². The van der Waals surface area contributed by atoms with Gasteiger partial charge in [-0.3, -0.25) is 4.79 Å². The predicted octanol–water partition coefficient (Wildman–Crippen LogP) is 3.34. The molecule has 2 aliphatic rings. The van der Waals surface area contributed by atoms with E-state index in [0.29, 0.717) is 25.0 Å². The van der Waals surface area contributed by atoms with Crippen molar-refractivity contribution in [1.82, 2.24) is 5.01 Å². The van der Waals surface area contributed by atoms with Crippen LogP contribution in [0, 0.1) is 5.92 Å². The maximum absolute atomic E-state index is 13.8. The number of fused-ring (bicyclic) bond motifs is 1. The quantitative estimate of drug-likeness (QED) is 0.884. The van der Waals surface area contributed by atoms with Crippen molar-refractivity contribution in [2.75, 3.05) is 7.11 Å². The fourth-order valence-electron chi connectivity index (χ4n) is 3.45. The van der Waals surface area contributed by atoms with Gasteiger partial charge in [-0.1, -0.05) is 12.8 Å². The van der Waals surface area contributed by atoms with Gasteiger partial charge in [0, 0.05) is 11.3 Å². The van der Waals surface area contributed by atoms with Crippen molar-refractivity contribution in [3.8, 4) is 5.75 Å². The van der Waals surface area contributed by atoms with Gasteiger partial charge < -0.3 is 9.84 Å². The number of aliphatic hydroxyl groups is 1. The third kappa shape index (κ3) is 2.88. The second-order valence-electron chi connectivity index (χ2n) is 6.31. The van der Waals surface area contributed by atoms with Crippen molar-refractivity contribution in [3.05, 3.63) is 29.8 Å². The average Bonchev–Trinajstić information content (AvgIpc) is 2.74. The predicted molar refractivity (Wildman–Crippen MR) is 84.2 cm³/mol. The molecule has 1 aliphatic carbocycles. The van der Waals surface area contributed by atoms with Crippen LogP contribution in [0.25, 0.3) is 0 Å². The van der Waals surface area contributed by atoms with Crippen LogP contribution in [0.2, 0.25) is 0 Å². The van der Waals surface area contributed by atoms with Gasteiger partial charge in [-0.05, 0) is 43.5 Å². The number of ether oxygens (including phenoxy) is 1. The van der Waals surface area contributed by atoms with Crippen molar-refractivity contribution in [1.29, 1.82) is 0 Å². The van der Waals surface area contributed by atoms with Gasteiger partial charge in [0.15, 0.2) is 0 Å². The lowest BCUT2D eigenvalue weighted by Crippen LogP contribution is -2.61. The number of methoxy groups -OCH3 is 1. The molecule has 3 rings (SSSR count). The standard InChI is InChI=1S/C17H19F3N2O3/c1-25-12-9-7-11(8-10-12)15(23)22-16(24,17(18,19)20)13-5-3-2-4-6-14(13)21-22/h7-10,13,24H,2-6H2,1H3/t13-,16+/m0/s1. The zero-order valence-corrected chi connectivity index (χ0v) is 13.7. The number of alkyl halides is 3. The summed E-state index contributed by atoms with van der Waals surface area (Å²) in [5, 5.41) is 14.7. The molecule has 25 heavy (non-hydrogen) atoms. The Balaban J connectivity index is 2.00. The van der Waals surface area contributed by atoms with Crippen molar-refractivity contribution in [2.24, 2.45) is 11.0 Å². The highest BCUT2D eigenvalue weighted by Gasteiger charge is 2.68. The summed E-state index contributed by atoms with van der Waals surface area (Å²) in [7, 11) is 1.44. The average molecular weight is 356 g/mol. The molecule has 1 fully saturated rings. The lowest BCUT2D eigenvalue weighted by Gasteiger charge is -2.37. The monoisotopic (exact) mass is 356 g/mol. The van der Waals surface area contributed by atoms with Crippen LogP contribution in [0.15, 0.2) is 29.4 Å². The number of benzene rings is 1. The Morgan fingerprint density at radius 3 is 2.56 bits per heavy atom. The molecule has 1 aromatic carbocycles. The van der Waals surface area contributed by atoms with Crippen LogP contribution in [0.3, 0.4) is 0 Å². The number of halogens is 3. The van der Waals surface area contributed by atoms with Gasteiger partial charge in [-0.2, -0.15) is 23.3 Å². The van der Waals surface area contributed by atoms with Gasteiger partial charge >= 0.3 is 6.18 Å². The fraction of sp³-hybridized carbons (Fsp3) is 0.529. The van der Waals surface area contributed by atoms with E-state index >= 15 is 0 Å². The van der Waals surface area contributed by atoms with Gasteiger partial charge in [-0.25, -0.2) is 0 Å². The largest absolute Gasteiger partial charge is 0.497 e. The number of amides is 1. The third-order valence-corrected chi connectivity index (χ3v) is 4.81. The maximum atomic E-state index is 13.8. The van der Waals surface area contributed by atoms with Gasteiger partial charge in [0.1, 0.15) is 5.75 Å². The minimum Gasteiger partial charge on any atom is -0.497 e. The Labute approximate surface area is 143 Å². The van der Waals surface area contributed by atoms with Crippen molar-refractivity contribution in [3.63, 3.8) is 0 Å². The molecule has 1 saturated carbocycles. The van der Waals surface area contributed by atoms with Crippen LogP contribution in [-0.4, -0.2) is 40.7 Å². The van der Waals surface area contributed by atoms with Crippen LogP contribution in [0.5, 0.6) is 5.75 Å². The summed E-state index contributed by atoms with van der Waals surface area (Å²) in [5.41, 5.74) is -3.05. The Morgan fingerprint density at radius 2 is 1.96 bits per heavy atom. The molecule has 1 aliphatic heterocycles. The zero-order valence-electron chi connectivity index (χ0n) is 13.7. The summed E-state index contributed by atoms with van der Waals surface area (Å²) in [6.07, 6.45) is -2.44. The summed E-state index contributed by atoms with van der Waals surface area (Å²) < 4.78 is 46.2. The van der Waals surface area contributed by atoms with E-state index in [4.69, 9.17) is 4.74 Å². The molecule has 0 spiro atoms. The van der Waals surface area contributed by atoms with Crippen molar-refractivity contribution >= 4 is 11.6 Å². The van der Waals surface area contributed by atoms with E-state index < -0.39 is 23.7 Å². The van der Waals surface area contributed by atoms with E-state index in [9.17, 15) is 23.1 Å². The van der Waals surface area contributed by atoms with Crippen molar-refractivity contribution < 1.29 is 27.8 Å². The smallest absolute Gasteiger partial charge is 0.439 e. The van der Waals surface area contributed by atoms with E-state index in [2.05, 4.69) is 5.10 Å². The maximum Gasteiger partial charge on any atom is 0.439 e. The molecule has 8 heteroatoms. The van der Waals surface area contributed by atoms with E-state index in [1.165, 1.54) is 31.4 Å². The molecule has 0 saturated heterocycles. The fourth-order valence-corrected chi connectivity index (χ4v) is 3.45. The van der Waals surface area contributed by atoms with Crippen LogP contribution < -0.4 is 4.74 Å². The topological polar surface area (TPSA) is 62.1 Å². The number of carbonyl (C=O) groups is 1. The Kier molecular flexibility index (Phi) is 4.49. The lowest BCUT2D eigenvalue weighted by molar-refractivity contribution is -0.312. The molecular weight excluding hydrogens is 337 g/mol. The summed E-state index contributed by atoms with van der Waals surface area (Å²) in [5.74, 6) is -1.72. The minimum atomic E-state index is -5.00. The summed E-state index contributed by atoms with van der Waals surface area (Å²) in [4.78, 5) is 12.7. The molecule has 2 atom stereocenters. The lowest BCUT2D eigenvalue weighted by atomic mass is 9.87. The summed E-state index contributed by atoms with van der Waals surface area (Å²) in [6.45, 7) is 0. The van der Waals surface area contributed by atoms with Crippen LogP contribution in [0.4, 0.5) is 13.2 Å². The molecule has 136 valence electrons. The molecule has 0 radical (unpaired) electrons. The second kappa shape index (κ2) is 6.33. The molecule has 1 heterocycles. The minimum absolute atomic E-state index is 0.00397. The molecule has 1 N–H and O–H groups in total. The highest BCUT2D eigenvalue weighted by Crippen LogP contribution is 2.48. The SMILES string of the molecule is COc1ccc(C(=O)N2N=C3CCCCC[C@@H]3[C@@]2(O)C(F)(F)F)cc1. The summed E-state index contributed by atoms with van der Waals surface area (Å²) >= 11 is 0. The molecule has 5 nitrogen and oxygen atoms in total. The van der Waals surface area contributed by atoms with Crippen LogP contribution >= 0.6 is 0 Å². The van der Waals surface area contributed by atoms with Gasteiger partial charge in [0.2, 0.25) is 0 Å². The van der Waals surface area contributed by atoms with Gasteiger partial charge in [0.05, 0.1) is 13.0 Å². The molecule has 1 amide bonds.